The minimum absolute atomic E-state index is 0.00131. The lowest BCUT2D eigenvalue weighted by atomic mass is 10.2. The lowest BCUT2D eigenvalue weighted by Gasteiger charge is -2.21. The molecular formula is C15H20ClN5O3S2. The zero-order valence-corrected chi connectivity index (χ0v) is 17.2. The standard InChI is InChI=1S/C15H20ClN5O3S2/c1-9(2)21(4)26(23,24)10-5-6-12(16)11(7-10)14(22)17-8-13-18-19-15(25)20(13)3/h5-7,9H,8H2,1-4H3,(H,17,22)(H,19,25). The van der Waals surface area contributed by atoms with Gasteiger partial charge in [-0.15, -0.1) is 0 Å². The second kappa shape index (κ2) is 7.87. The number of rotatable bonds is 6. The lowest BCUT2D eigenvalue weighted by molar-refractivity contribution is 0.0949. The first-order valence-electron chi connectivity index (χ1n) is 7.71. The fourth-order valence-corrected chi connectivity index (χ4v) is 3.82. The Morgan fingerprint density at radius 2 is 2.12 bits per heavy atom. The van der Waals surface area contributed by atoms with Crippen LogP contribution in [0.4, 0.5) is 0 Å². The number of carbonyl (C=O) groups excluding carboxylic acids is 1. The van der Waals surface area contributed by atoms with Crippen LogP contribution >= 0.6 is 23.8 Å². The number of aromatic amines is 1. The van der Waals surface area contributed by atoms with E-state index in [1.807, 2.05) is 0 Å². The van der Waals surface area contributed by atoms with Crippen LogP contribution in [0.1, 0.15) is 30.0 Å². The van der Waals surface area contributed by atoms with Gasteiger partial charge < -0.3 is 9.88 Å². The number of amides is 1. The van der Waals surface area contributed by atoms with Gasteiger partial charge in [0.25, 0.3) is 5.91 Å². The van der Waals surface area contributed by atoms with Crippen molar-refractivity contribution in [2.45, 2.75) is 31.3 Å². The van der Waals surface area contributed by atoms with Gasteiger partial charge in [-0.05, 0) is 44.3 Å². The summed E-state index contributed by atoms with van der Waals surface area (Å²) >= 11 is 11.1. The number of carbonyl (C=O) groups is 1. The van der Waals surface area contributed by atoms with Crippen molar-refractivity contribution >= 4 is 39.7 Å². The average molecular weight is 418 g/mol. The molecule has 0 aliphatic rings. The topological polar surface area (TPSA) is 100 Å². The Bertz CT molecular complexity index is 981. The van der Waals surface area contributed by atoms with Crippen LogP contribution in [0.15, 0.2) is 23.1 Å². The Kier molecular flexibility index (Phi) is 6.22. The first-order valence-corrected chi connectivity index (χ1v) is 9.94. The van der Waals surface area contributed by atoms with Crippen LogP contribution in [0.2, 0.25) is 5.02 Å². The Labute approximate surface area is 162 Å². The van der Waals surface area contributed by atoms with Gasteiger partial charge in [-0.2, -0.15) is 9.40 Å². The molecule has 26 heavy (non-hydrogen) atoms. The first kappa shape index (κ1) is 20.6. The third kappa shape index (κ3) is 4.14. The van der Waals surface area contributed by atoms with Gasteiger partial charge >= 0.3 is 0 Å². The number of H-pyrrole nitrogens is 1. The zero-order chi connectivity index (χ0) is 19.6. The maximum absolute atomic E-state index is 12.6. The molecule has 2 rings (SSSR count). The van der Waals surface area contributed by atoms with Crippen LogP contribution in [-0.4, -0.2) is 46.5 Å². The highest BCUT2D eigenvalue weighted by molar-refractivity contribution is 7.89. The molecule has 0 spiro atoms. The molecule has 11 heteroatoms. The van der Waals surface area contributed by atoms with Gasteiger partial charge in [0.05, 0.1) is 22.0 Å². The maximum atomic E-state index is 12.6. The minimum Gasteiger partial charge on any atom is -0.345 e. The van der Waals surface area contributed by atoms with E-state index >= 15 is 0 Å². The molecule has 1 aromatic heterocycles. The number of benzene rings is 1. The number of hydrogen-bond donors (Lipinski definition) is 2. The van der Waals surface area contributed by atoms with Gasteiger partial charge in [0.15, 0.2) is 10.6 Å². The summed E-state index contributed by atoms with van der Waals surface area (Å²) in [6.07, 6.45) is 0. The number of hydrogen-bond acceptors (Lipinski definition) is 5. The van der Waals surface area contributed by atoms with E-state index in [2.05, 4.69) is 15.5 Å². The summed E-state index contributed by atoms with van der Waals surface area (Å²) in [5.41, 5.74) is 0.0710. The number of nitrogens with zero attached hydrogens (tertiary/aromatic N) is 3. The molecule has 0 bridgehead atoms. The molecule has 142 valence electrons. The lowest BCUT2D eigenvalue weighted by Crippen LogP contribution is -2.33. The third-order valence-electron chi connectivity index (χ3n) is 3.97. The predicted molar refractivity (Wildman–Crippen MR) is 101 cm³/mol. The second-order valence-electron chi connectivity index (χ2n) is 5.94. The van der Waals surface area contributed by atoms with Crippen molar-refractivity contribution in [1.29, 1.82) is 0 Å². The average Bonchev–Trinajstić information content (AvgIpc) is 2.90. The molecule has 0 aliphatic carbocycles. The summed E-state index contributed by atoms with van der Waals surface area (Å²) in [6.45, 7) is 3.64. The highest BCUT2D eigenvalue weighted by Crippen LogP contribution is 2.23. The molecule has 0 saturated heterocycles. The van der Waals surface area contributed by atoms with Crippen LogP contribution < -0.4 is 5.32 Å². The molecule has 0 unspecified atom stereocenters. The van der Waals surface area contributed by atoms with Gasteiger partial charge in [0.1, 0.15) is 0 Å². The summed E-state index contributed by atoms with van der Waals surface area (Å²) in [7, 11) is -0.520. The van der Waals surface area contributed by atoms with Crippen LogP contribution in [0.5, 0.6) is 0 Å². The summed E-state index contributed by atoms with van der Waals surface area (Å²) in [5.74, 6) is 0.0240. The van der Waals surface area contributed by atoms with Crippen molar-refractivity contribution in [3.63, 3.8) is 0 Å². The minimum atomic E-state index is -3.72. The fourth-order valence-electron chi connectivity index (χ4n) is 2.07. The Morgan fingerprint density at radius 1 is 1.46 bits per heavy atom. The molecule has 0 fully saturated rings. The largest absolute Gasteiger partial charge is 0.345 e. The van der Waals surface area contributed by atoms with Crippen molar-refractivity contribution in [3.05, 3.63) is 39.4 Å². The van der Waals surface area contributed by atoms with Crippen LogP contribution in [0.3, 0.4) is 0 Å². The van der Waals surface area contributed by atoms with Crippen molar-refractivity contribution in [2.75, 3.05) is 7.05 Å². The molecule has 8 nitrogen and oxygen atoms in total. The molecule has 1 aromatic carbocycles. The molecule has 2 aromatic rings. The fraction of sp³-hybridized carbons (Fsp3) is 0.400. The number of aromatic nitrogens is 3. The molecule has 0 saturated carbocycles. The van der Waals surface area contributed by atoms with E-state index in [0.29, 0.717) is 10.6 Å². The van der Waals surface area contributed by atoms with E-state index in [-0.39, 0.29) is 28.1 Å². The van der Waals surface area contributed by atoms with Crippen LogP contribution in [-0.2, 0) is 23.6 Å². The second-order valence-corrected chi connectivity index (χ2v) is 8.73. The van der Waals surface area contributed by atoms with Crippen LogP contribution in [0.25, 0.3) is 0 Å². The van der Waals surface area contributed by atoms with Crippen molar-refractivity contribution < 1.29 is 13.2 Å². The summed E-state index contributed by atoms with van der Waals surface area (Å²) in [4.78, 5) is 12.5. The highest BCUT2D eigenvalue weighted by atomic mass is 35.5. The first-order chi connectivity index (χ1) is 12.1. The molecule has 0 atom stereocenters. The van der Waals surface area contributed by atoms with E-state index in [4.69, 9.17) is 23.8 Å². The predicted octanol–water partition coefficient (Wildman–Crippen LogP) is 2.09. The van der Waals surface area contributed by atoms with Crippen molar-refractivity contribution in [2.24, 2.45) is 7.05 Å². The van der Waals surface area contributed by atoms with E-state index in [1.165, 1.54) is 29.6 Å². The molecule has 0 radical (unpaired) electrons. The number of halogens is 1. The molecule has 2 N–H and O–H groups in total. The molecule has 0 aliphatic heterocycles. The highest BCUT2D eigenvalue weighted by Gasteiger charge is 2.25. The molecule has 1 heterocycles. The Hall–Kier alpha value is -1.75. The van der Waals surface area contributed by atoms with Gasteiger partial charge in [-0.25, -0.2) is 8.42 Å². The Balaban J connectivity index is 2.28. The van der Waals surface area contributed by atoms with Gasteiger partial charge in [0.2, 0.25) is 10.0 Å². The maximum Gasteiger partial charge on any atom is 0.253 e. The van der Waals surface area contributed by atoms with E-state index in [9.17, 15) is 13.2 Å². The smallest absolute Gasteiger partial charge is 0.253 e. The van der Waals surface area contributed by atoms with Gasteiger partial charge in [-0.1, -0.05) is 11.6 Å². The third-order valence-corrected chi connectivity index (χ3v) is 6.69. The SMILES string of the molecule is CC(C)N(C)S(=O)(=O)c1ccc(Cl)c(C(=O)NCc2n[nH]c(=S)n2C)c1. The Morgan fingerprint density at radius 3 is 2.65 bits per heavy atom. The molecular weight excluding hydrogens is 398 g/mol. The number of sulfonamides is 1. The van der Waals surface area contributed by atoms with Crippen molar-refractivity contribution in [3.8, 4) is 0 Å². The zero-order valence-electron chi connectivity index (χ0n) is 14.8. The normalized spacial score (nSPS) is 12.0. The van der Waals surface area contributed by atoms with E-state index < -0.39 is 15.9 Å². The summed E-state index contributed by atoms with van der Waals surface area (Å²) in [6, 6.07) is 3.83. The molecule has 1 amide bonds. The monoisotopic (exact) mass is 417 g/mol. The number of nitrogens with one attached hydrogen (secondary N) is 2. The summed E-state index contributed by atoms with van der Waals surface area (Å²) in [5, 5.41) is 9.43. The van der Waals surface area contributed by atoms with Gasteiger partial charge in [0, 0.05) is 20.1 Å². The summed E-state index contributed by atoms with van der Waals surface area (Å²) < 4.78 is 28.5. The van der Waals surface area contributed by atoms with E-state index in [0.717, 1.165) is 0 Å². The van der Waals surface area contributed by atoms with Crippen LogP contribution in [0, 0.1) is 4.77 Å². The quantitative estimate of drug-likeness (QED) is 0.701. The van der Waals surface area contributed by atoms with E-state index in [1.54, 1.807) is 25.5 Å². The van der Waals surface area contributed by atoms with Gasteiger partial charge in [-0.3, -0.25) is 9.89 Å². The van der Waals surface area contributed by atoms with Crippen molar-refractivity contribution in [1.82, 2.24) is 24.4 Å².